The molecule has 0 radical (unpaired) electrons. The van der Waals surface area contributed by atoms with Gasteiger partial charge in [0.15, 0.2) is 0 Å². The van der Waals surface area contributed by atoms with Crippen LogP contribution in [0.25, 0.3) is 11.0 Å². The number of rotatable bonds is 2. The maximum atomic E-state index is 12.3. The number of imidazole rings is 1. The Hall–Kier alpha value is -2.63. The van der Waals surface area contributed by atoms with E-state index in [9.17, 15) is 4.79 Å². The number of nitrogens with zero attached hydrogens (tertiary/aromatic N) is 4. The molecule has 1 N–H and O–H groups in total. The zero-order valence-corrected chi connectivity index (χ0v) is 11.6. The van der Waals surface area contributed by atoms with Gasteiger partial charge in [0, 0.05) is 20.3 Å². The van der Waals surface area contributed by atoms with Crippen LogP contribution in [0.5, 0.6) is 0 Å². The normalized spacial score (nSPS) is 10.9. The largest absolute Gasteiger partial charge is 0.313 e. The van der Waals surface area contributed by atoms with E-state index in [1.165, 1.54) is 0 Å². The predicted molar refractivity (Wildman–Crippen MR) is 76.6 cm³/mol. The monoisotopic (exact) mass is 269 g/mol. The highest BCUT2D eigenvalue weighted by molar-refractivity contribution is 6.04. The van der Waals surface area contributed by atoms with E-state index < -0.39 is 0 Å². The van der Waals surface area contributed by atoms with Gasteiger partial charge in [0.1, 0.15) is 0 Å². The summed E-state index contributed by atoms with van der Waals surface area (Å²) in [5.74, 6) is 0.327. The van der Waals surface area contributed by atoms with Gasteiger partial charge in [-0.2, -0.15) is 5.10 Å². The fraction of sp³-hybridized carbons (Fsp3) is 0.214. The molecule has 0 fully saturated rings. The number of aryl methyl sites for hydroxylation is 3. The van der Waals surface area contributed by atoms with Gasteiger partial charge in [0.25, 0.3) is 5.91 Å². The van der Waals surface area contributed by atoms with Crippen LogP contribution in [0.3, 0.4) is 0 Å². The summed E-state index contributed by atoms with van der Waals surface area (Å²) in [5.41, 5.74) is 3.09. The second-order valence-electron chi connectivity index (χ2n) is 4.74. The fourth-order valence-corrected chi connectivity index (χ4v) is 2.25. The Kier molecular flexibility index (Phi) is 2.78. The average molecular weight is 269 g/mol. The summed E-state index contributed by atoms with van der Waals surface area (Å²) < 4.78 is 3.48. The Morgan fingerprint density at radius 1 is 1.25 bits per heavy atom. The third kappa shape index (κ3) is 1.95. The van der Waals surface area contributed by atoms with Gasteiger partial charge in [-0.1, -0.05) is 12.1 Å². The number of benzene rings is 1. The molecule has 3 rings (SSSR count). The molecule has 1 aromatic carbocycles. The van der Waals surface area contributed by atoms with Gasteiger partial charge in [0.05, 0.1) is 22.3 Å². The lowest BCUT2D eigenvalue weighted by Crippen LogP contribution is -2.15. The molecule has 0 atom stereocenters. The lowest BCUT2D eigenvalue weighted by molar-refractivity contribution is 0.102. The number of anilines is 1. The van der Waals surface area contributed by atoms with Crippen molar-refractivity contribution in [2.75, 3.05) is 5.32 Å². The predicted octanol–water partition coefficient (Wildman–Crippen LogP) is 1.87. The number of para-hydroxylation sites is 2. The molecule has 0 bridgehead atoms. The summed E-state index contributed by atoms with van der Waals surface area (Å²) in [7, 11) is 3.67. The van der Waals surface area contributed by atoms with E-state index in [1.807, 2.05) is 42.8 Å². The molecule has 2 heterocycles. The highest BCUT2D eigenvalue weighted by Crippen LogP contribution is 2.18. The van der Waals surface area contributed by atoms with E-state index in [0.717, 1.165) is 11.0 Å². The molecule has 6 nitrogen and oxygen atoms in total. The summed E-state index contributed by atoms with van der Waals surface area (Å²) in [6, 6.07) is 7.75. The number of carbonyl (C=O) groups is 1. The van der Waals surface area contributed by atoms with Crippen LogP contribution in [0.1, 0.15) is 16.1 Å². The number of carbonyl (C=O) groups excluding carboxylic acids is 1. The molecule has 0 aliphatic rings. The van der Waals surface area contributed by atoms with E-state index in [4.69, 9.17) is 0 Å². The van der Waals surface area contributed by atoms with Crippen molar-refractivity contribution in [1.29, 1.82) is 0 Å². The van der Waals surface area contributed by atoms with E-state index in [1.54, 1.807) is 17.9 Å². The Morgan fingerprint density at radius 2 is 2.00 bits per heavy atom. The minimum atomic E-state index is -0.200. The van der Waals surface area contributed by atoms with Crippen molar-refractivity contribution in [1.82, 2.24) is 19.3 Å². The van der Waals surface area contributed by atoms with Gasteiger partial charge in [0.2, 0.25) is 5.95 Å². The minimum Gasteiger partial charge on any atom is -0.313 e. The van der Waals surface area contributed by atoms with Gasteiger partial charge >= 0.3 is 0 Å². The molecule has 102 valence electrons. The molecule has 20 heavy (non-hydrogen) atoms. The summed E-state index contributed by atoms with van der Waals surface area (Å²) in [4.78, 5) is 16.7. The van der Waals surface area contributed by atoms with E-state index in [2.05, 4.69) is 15.4 Å². The second-order valence-corrected chi connectivity index (χ2v) is 4.74. The van der Waals surface area contributed by atoms with Crippen molar-refractivity contribution in [3.63, 3.8) is 0 Å². The second kappa shape index (κ2) is 4.48. The van der Waals surface area contributed by atoms with Gasteiger partial charge < -0.3 is 4.57 Å². The van der Waals surface area contributed by atoms with Crippen LogP contribution in [-0.4, -0.2) is 25.2 Å². The zero-order chi connectivity index (χ0) is 14.3. The van der Waals surface area contributed by atoms with Crippen molar-refractivity contribution < 1.29 is 4.79 Å². The van der Waals surface area contributed by atoms with Crippen molar-refractivity contribution in [3.8, 4) is 0 Å². The molecule has 0 aliphatic carbocycles. The fourth-order valence-electron chi connectivity index (χ4n) is 2.25. The third-order valence-electron chi connectivity index (χ3n) is 3.27. The molecule has 3 aromatic rings. The summed E-state index contributed by atoms with van der Waals surface area (Å²) in [5, 5.41) is 7.00. The first-order valence-corrected chi connectivity index (χ1v) is 6.29. The highest BCUT2D eigenvalue weighted by atomic mass is 16.1. The topological polar surface area (TPSA) is 64.7 Å². The molecule has 2 aromatic heterocycles. The van der Waals surface area contributed by atoms with E-state index in [0.29, 0.717) is 17.2 Å². The molecule has 0 aliphatic heterocycles. The zero-order valence-electron chi connectivity index (χ0n) is 11.6. The molecule has 0 saturated carbocycles. The minimum absolute atomic E-state index is 0.200. The van der Waals surface area contributed by atoms with Gasteiger partial charge in [-0.05, 0) is 19.1 Å². The molecular formula is C14H15N5O. The van der Waals surface area contributed by atoms with Crippen molar-refractivity contribution in [3.05, 3.63) is 41.7 Å². The van der Waals surface area contributed by atoms with E-state index >= 15 is 0 Å². The Bertz CT molecular complexity index is 799. The SMILES string of the molecule is Cc1nn(C)cc1C(=O)Nc1nc2ccccc2n1C. The molecular weight excluding hydrogens is 254 g/mol. The Balaban J connectivity index is 1.95. The summed E-state index contributed by atoms with van der Waals surface area (Å²) in [6.07, 6.45) is 1.70. The van der Waals surface area contributed by atoms with Crippen LogP contribution in [0.15, 0.2) is 30.5 Å². The number of aromatic nitrogens is 4. The number of amides is 1. The highest BCUT2D eigenvalue weighted by Gasteiger charge is 2.15. The van der Waals surface area contributed by atoms with Crippen LogP contribution in [-0.2, 0) is 14.1 Å². The molecule has 0 saturated heterocycles. The standard InChI is InChI=1S/C14H15N5O/c1-9-10(8-18(2)17-9)13(20)16-14-15-11-6-4-5-7-12(11)19(14)3/h4-8H,1-3H3,(H,15,16,20). The molecule has 6 heteroatoms. The van der Waals surface area contributed by atoms with Gasteiger partial charge in [-0.25, -0.2) is 4.98 Å². The average Bonchev–Trinajstić information content (AvgIpc) is 2.91. The smallest absolute Gasteiger partial charge is 0.261 e. The van der Waals surface area contributed by atoms with Crippen molar-refractivity contribution in [2.45, 2.75) is 6.92 Å². The summed E-state index contributed by atoms with van der Waals surface area (Å²) in [6.45, 7) is 1.81. The van der Waals surface area contributed by atoms with Crippen LogP contribution in [0.4, 0.5) is 5.95 Å². The lowest BCUT2D eigenvalue weighted by atomic mass is 10.2. The summed E-state index contributed by atoms with van der Waals surface area (Å²) >= 11 is 0. The number of hydrogen-bond donors (Lipinski definition) is 1. The number of hydrogen-bond acceptors (Lipinski definition) is 3. The first-order valence-electron chi connectivity index (χ1n) is 6.29. The maximum absolute atomic E-state index is 12.3. The van der Waals surface area contributed by atoms with Gasteiger partial charge in [-0.15, -0.1) is 0 Å². The maximum Gasteiger partial charge on any atom is 0.261 e. The van der Waals surface area contributed by atoms with Crippen LogP contribution >= 0.6 is 0 Å². The van der Waals surface area contributed by atoms with Crippen molar-refractivity contribution >= 4 is 22.9 Å². The van der Waals surface area contributed by atoms with Crippen LogP contribution in [0.2, 0.25) is 0 Å². The van der Waals surface area contributed by atoms with E-state index in [-0.39, 0.29) is 5.91 Å². The third-order valence-corrected chi connectivity index (χ3v) is 3.27. The van der Waals surface area contributed by atoms with Gasteiger partial charge in [-0.3, -0.25) is 14.8 Å². The number of nitrogens with one attached hydrogen (secondary N) is 1. The molecule has 0 unspecified atom stereocenters. The molecule has 0 spiro atoms. The van der Waals surface area contributed by atoms with Crippen molar-refractivity contribution in [2.24, 2.45) is 14.1 Å². The Labute approximate surface area is 116 Å². The van der Waals surface area contributed by atoms with Crippen LogP contribution < -0.4 is 5.32 Å². The Morgan fingerprint density at radius 3 is 2.65 bits per heavy atom. The first-order chi connectivity index (χ1) is 9.56. The molecule has 1 amide bonds. The quantitative estimate of drug-likeness (QED) is 0.772. The first kappa shape index (κ1) is 12.4. The lowest BCUT2D eigenvalue weighted by Gasteiger charge is -2.04. The number of fused-ring (bicyclic) bond motifs is 1. The van der Waals surface area contributed by atoms with Crippen LogP contribution in [0, 0.1) is 6.92 Å².